The molecule has 2 atom stereocenters. The molecule has 1 amide bonds. The van der Waals surface area contributed by atoms with Gasteiger partial charge < -0.3 is 10.4 Å². The SMILES string of the molecule is O=C(O)CCCCCNC(=O)C1CC1c1ccccc1Cl. The first-order chi connectivity index (χ1) is 10.1. The number of carbonyl (C=O) groups is 2. The number of carboxylic acid groups (broad SMARTS) is 1. The minimum absolute atomic E-state index is 0.0314. The Balaban J connectivity index is 1.65. The summed E-state index contributed by atoms with van der Waals surface area (Å²) in [6.45, 7) is 0.615. The molecule has 2 unspecified atom stereocenters. The van der Waals surface area contributed by atoms with Crippen molar-refractivity contribution >= 4 is 23.5 Å². The zero-order valence-electron chi connectivity index (χ0n) is 11.8. The first-order valence-corrected chi connectivity index (χ1v) is 7.71. The van der Waals surface area contributed by atoms with Crippen molar-refractivity contribution in [1.29, 1.82) is 0 Å². The number of halogens is 1. The second-order valence-corrected chi connectivity index (χ2v) is 5.87. The highest BCUT2D eigenvalue weighted by atomic mass is 35.5. The smallest absolute Gasteiger partial charge is 0.303 e. The van der Waals surface area contributed by atoms with Crippen LogP contribution in [0.4, 0.5) is 0 Å². The number of nitrogens with one attached hydrogen (secondary N) is 1. The first kappa shape index (κ1) is 15.8. The minimum Gasteiger partial charge on any atom is -0.481 e. The van der Waals surface area contributed by atoms with E-state index in [9.17, 15) is 9.59 Å². The highest BCUT2D eigenvalue weighted by Crippen LogP contribution is 2.49. The van der Waals surface area contributed by atoms with Crippen LogP contribution < -0.4 is 5.32 Å². The molecule has 2 N–H and O–H groups in total. The van der Waals surface area contributed by atoms with Gasteiger partial charge in [0, 0.05) is 23.9 Å². The van der Waals surface area contributed by atoms with E-state index in [1.54, 1.807) is 0 Å². The maximum absolute atomic E-state index is 12.0. The van der Waals surface area contributed by atoms with Crippen LogP contribution in [0.3, 0.4) is 0 Å². The van der Waals surface area contributed by atoms with Gasteiger partial charge in [-0.2, -0.15) is 0 Å². The molecule has 2 rings (SSSR count). The van der Waals surface area contributed by atoms with Gasteiger partial charge in [0.05, 0.1) is 0 Å². The molecule has 5 heteroatoms. The van der Waals surface area contributed by atoms with Crippen LogP contribution in [0.1, 0.15) is 43.6 Å². The van der Waals surface area contributed by atoms with Crippen LogP contribution in [0.25, 0.3) is 0 Å². The monoisotopic (exact) mass is 309 g/mol. The van der Waals surface area contributed by atoms with Gasteiger partial charge >= 0.3 is 5.97 Å². The largest absolute Gasteiger partial charge is 0.481 e. The number of carboxylic acids is 1. The summed E-state index contributed by atoms with van der Waals surface area (Å²) in [5.41, 5.74) is 1.06. The fourth-order valence-corrected chi connectivity index (χ4v) is 2.80. The van der Waals surface area contributed by atoms with Gasteiger partial charge in [-0.25, -0.2) is 0 Å². The summed E-state index contributed by atoms with van der Waals surface area (Å²) in [5.74, 6) is -0.410. The molecule has 0 heterocycles. The minimum atomic E-state index is -0.764. The van der Waals surface area contributed by atoms with E-state index in [2.05, 4.69) is 5.32 Å². The van der Waals surface area contributed by atoms with Gasteiger partial charge in [0.2, 0.25) is 5.91 Å². The molecule has 1 saturated carbocycles. The number of hydrogen-bond donors (Lipinski definition) is 2. The number of hydrogen-bond acceptors (Lipinski definition) is 2. The molecule has 0 bridgehead atoms. The molecule has 114 valence electrons. The van der Waals surface area contributed by atoms with Crippen molar-refractivity contribution in [3.63, 3.8) is 0 Å². The third kappa shape index (κ3) is 4.74. The first-order valence-electron chi connectivity index (χ1n) is 7.33. The lowest BCUT2D eigenvalue weighted by molar-refractivity contribution is -0.137. The predicted molar refractivity (Wildman–Crippen MR) is 81.4 cm³/mol. The molecule has 4 nitrogen and oxygen atoms in total. The Morgan fingerprint density at radius 1 is 1.24 bits per heavy atom. The third-order valence-electron chi connectivity index (χ3n) is 3.80. The molecule has 21 heavy (non-hydrogen) atoms. The summed E-state index contributed by atoms with van der Waals surface area (Å²) in [6, 6.07) is 7.66. The second kappa shape index (κ2) is 7.46. The van der Waals surface area contributed by atoms with Crippen LogP contribution in [0.5, 0.6) is 0 Å². The molecule has 1 aromatic rings. The Morgan fingerprint density at radius 2 is 2.00 bits per heavy atom. The van der Waals surface area contributed by atoms with Gasteiger partial charge in [-0.05, 0) is 36.8 Å². The molecule has 0 spiro atoms. The summed E-state index contributed by atoms with van der Waals surface area (Å²) in [6.07, 6.45) is 3.37. The average molecular weight is 310 g/mol. The Hall–Kier alpha value is -1.55. The van der Waals surface area contributed by atoms with Crippen molar-refractivity contribution in [2.45, 2.75) is 38.0 Å². The lowest BCUT2D eigenvalue weighted by Crippen LogP contribution is -2.26. The Morgan fingerprint density at radius 3 is 2.71 bits per heavy atom. The predicted octanol–water partition coefficient (Wildman–Crippen LogP) is 3.20. The van der Waals surface area contributed by atoms with Crippen molar-refractivity contribution in [3.05, 3.63) is 34.9 Å². The van der Waals surface area contributed by atoms with E-state index in [-0.39, 0.29) is 24.2 Å². The normalized spacial score (nSPS) is 20.0. The van der Waals surface area contributed by atoms with E-state index in [1.807, 2.05) is 24.3 Å². The quantitative estimate of drug-likeness (QED) is 0.725. The zero-order chi connectivity index (χ0) is 15.2. The molecule has 1 aliphatic rings. The summed E-state index contributed by atoms with van der Waals surface area (Å²) >= 11 is 6.14. The number of aliphatic carboxylic acids is 1. The van der Waals surface area contributed by atoms with Crippen LogP contribution in [0, 0.1) is 5.92 Å². The second-order valence-electron chi connectivity index (χ2n) is 5.47. The van der Waals surface area contributed by atoms with E-state index in [1.165, 1.54) is 0 Å². The molecule has 1 aliphatic carbocycles. The number of unbranched alkanes of at least 4 members (excludes halogenated alkanes) is 2. The Kier molecular flexibility index (Phi) is 5.62. The lowest BCUT2D eigenvalue weighted by atomic mass is 10.1. The van der Waals surface area contributed by atoms with Gasteiger partial charge in [-0.15, -0.1) is 0 Å². The number of rotatable bonds is 8. The van der Waals surface area contributed by atoms with Crippen LogP contribution in [-0.4, -0.2) is 23.5 Å². The molecule has 1 fully saturated rings. The topological polar surface area (TPSA) is 66.4 Å². The number of carbonyl (C=O) groups excluding carboxylic acids is 1. The van der Waals surface area contributed by atoms with Crippen molar-refractivity contribution in [2.75, 3.05) is 6.54 Å². The van der Waals surface area contributed by atoms with E-state index < -0.39 is 5.97 Å². The van der Waals surface area contributed by atoms with Gasteiger partial charge in [-0.1, -0.05) is 36.2 Å². The van der Waals surface area contributed by atoms with Gasteiger partial charge in [-0.3, -0.25) is 9.59 Å². The summed E-state index contributed by atoms with van der Waals surface area (Å²) < 4.78 is 0. The third-order valence-corrected chi connectivity index (χ3v) is 4.14. The van der Waals surface area contributed by atoms with Gasteiger partial charge in [0.1, 0.15) is 0 Å². The van der Waals surface area contributed by atoms with Crippen molar-refractivity contribution in [1.82, 2.24) is 5.32 Å². The molecule has 0 saturated heterocycles. The maximum atomic E-state index is 12.0. The zero-order valence-corrected chi connectivity index (χ0v) is 12.6. The van der Waals surface area contributed by atoms with Crippen molar-refractivity contribution in [3.8, 4) is 0 Å². The summed E-state index contributed by atoms with van der Waals surface area (Å²) in [4.78, 5) is 22.3. The molecule has 0 aliphatic heterocycles. The van der Waals surface area contributed by atoms with Crippen LogP contribution in [-0.2, 0) is 9.59 Å². The summed E-state index contributed by atoms with van der Waals surface area (Å²) in [7, 11) is 0. The Bertz CT molecular complexity index is 518. The highest BCUT2D eigenvalue weighted by molar-refractivity contribution is 6.31. The van der Waals surface area contributed by atoms with E-state index in [0.717, 1.165) is 29.8 Å². The lowest BCUT2D eigenvalue weighted by Gasteiger charge is -2.05. The fourth-order valence-electron chi connectivity index (χ4n) is 2.52. The van der Waals surface area contributed by atoms with Gasteiger partial charge in [0.25, 0.3) is 0 Å². The molecular weight excluding hydrogens is 290 g/mol. The Labute approximate surface area is 129 Å². The number of benzene rings is 1. The van der Waals surface area contributed by atoms with Crippen LogP contribution >= 0.6 is 11.6 Å². The standard InChI is InChI=1S/C16H20ClNO3/c17-14-7-4-3-6-11(14)12-10-13(12)16(21)18-9-5-1-2-8-15(19)20/h3-4,6-7,12-13H,1-2,5,8-10H2,(H,18,21)(H,19,20). The van der Waals surface area contributed by atoms with Crippen molar-refractivity contribution < 1.29 is 14.7 Å². The maximum Gasteiger partial charge on any atom is 0.303 e. The number of amides is 1. The van der Waals surface area contributed by atoms with E-state index >= 15 is 0 Å². The highest BCUT2D eigenvalue weighted by Gasteiger charge is 2.44. The fraction of sp³-hybridized carbons (Fsp3) is 0.500. The average Bonchev–Trinajstić information content (AvgIpc) is 3.23. The van der Waals surface area contributed by atoms with Gasteiger partial charge in [0.15, 0.2) is 0 Å². The summed E-state index contributed by atoms with van der Waals surface area (Å²) in [5, 5.41) is 12.2. The molecule has 0 aromatic heterocycles. The van der Waals surface area contributed by atoms with Crippen LogP contribution in [0.2, 0.25) is 5.02 Å². The van der Waals surface area contributed by atoms with Crippen LogP contribution in [0.15, 0.2) is 24.3 Å². The van der Waals surface area contributed by atoms with E-state index in [4.69, 9.17) is 16.7 Å². The van der Waals surface area contributed by atoms with E-state index in [0.29, 0.717) is 13.0 Å². The molecule has 0 radical (unpaired) electrons. The van der Waals surface area contributed by atoms with Crippen molar-refractivity contribution in [2.24, 2.45) is 5.92 Å². The molecule has 1 aromatic carbocycles. The molecular formula is C16H20ClNO3.